The van der Waals surface area contributed by atoms with Crippen LogP contribution in [0.1, 0.15) is 43.1 Å². The molecule has 1 aliphatic heterocycles. The van der Waals surface area contributed by atoms with Gasteiger partial charge in [0.25, 0.3) is 5.95 Å². The van der Waals surface area contributed by atoms with E-state index in [9.17, 15) is 0 Å². The van der Waals surface area contributed by atoms with Crippen LogP contribution >= 0.6 is 0 Å². The van der Waals surface area contributed by atoms with Gasteiger partial charge in [-0.3, -0.25) is 4.90 Å². The first-order valence-corrected chi connectivity index (χ1v) is 7.96. The predicted molar refractivity (Wildman–Crippen MR) is 84.0 cm³/mol. The molecule has 1 saturated heterocycles. The molecule has 0 radical (unpaired) electrons. The molecule has 0 unspecified atom stereocenters. The molecule has 0 bridgehead atoms. The molecule has 0 spiro atoms. The summed E-state index contributed by atoms with van der Waals surface area (Å²) in [6.07, 6.45) is 3.06. The minimum Gasteiger partial charge on any atom is -0.465 e. The van der Waals surface area contributed by atoms with Crippen LogP contribution in [0.15, 0.2) is 21.1 Å². The van der Waals surface area contributed by atoms with Gasteiger partial charge in [-0.05, 0) is 43.2 Å². The molecule has 2 aromatic heterocycles. The zero-order valence-electron chi connectivity index (χ0n) is 13.6. The largest absolute Gasteiger partial charge is 0.465 e. The van der Waals surface area contributed by atoms with Crippen LogP contribution in [0, 0.1) is 0 Å². The SMILES string of the molecule is CCc1ccc(CN2CCC(c3nc(N(C)C)no3)CC2)o1. The highest BCUT2D eigenvalue weighted by molar-refractivity contribution is 5.24. The van der Waals surface area contributed by atoms with Crippen molar-refractivity contribution in [2.24, 2.45) is 0 Å². The van der Waals surface area contributed by atoms with Gasteiger partial charge in [0.2, 0.25) is 5.89 Å². The summed E-state index contributed by atoms with van der Waals surface area (Å²) in [5.74, 6) is 3.92. The first-order chi connectivity index (χ1) is 10.7. The van der Waals surface area contributed by atoms with Crippen molar-refractivity contribution in [2.45, 2.75) is 38.6 Å². The van der Waals surface area contributed by atoms with Crippen molar-refractivity contribution < 1.29 is 8.94 Å². The van der Waals surface area contributed by atoms with Crippen molar-refractivity contribution >= 4 is 5.95 Å². The highest BCUT2D eigenvalue weighted by Crippen LogP contribution is 2.28. The quantitative estimate of drug-likeness (QED) is 0.846. The lowest BCUT2D eigenvalue weighted by Crippen LogP contribution is -2.32. The van der Waals surface area contributed by atoms with Crippen LogP contribution in [0.2, 0.25) is 0 Å². The number of likely N-dealkylation sites (tertiary alicyclic amines) is 1. The Hall–Kier alpha value is -1.82. The molecule has 0 aromatic carbocycles. The molecule has 22 heavy (non-hydrogen) atoms. The summed E-state index contributed by atoms with van der Waals surface area (Å²) in [4.78, 5) is 8.76. The van der Waals surface area contributed by atoms with Gasteiger partial charge < -0.3 is 13.8 Å². The zero-order valence-corrected chi connectivity index (χ0v) is 13.6. The van der Waals surface area contributed by atoms with Gasteiger partial charge >= 0.3 is 0 Å². The Kier molecular flexibility index (Phi) is 4.47. The molecule has 1 fully saturated rings. The molecule has 120 valence electrons. The Balaban J connectivity index is 1.53. The van der Waals surface area contributed by atoms with E-state index in [-0.39, 0.29) is 0 Å². The van der Waals surface area contributed by atoms with Crippen LogP contribution < -0.4 is 4.90 Å². The van der Waals surface area contributed by atoms with E-state index in [0.29, 0.717) is 11.9 Å². The zero-order chi connectivity index (χ0) is 15.5. The topological polar surface area (TPSA) is 58.5 Å². The Bertz CT molecular complexity index is 597. The summed E-state index contributed by atoms with van der Waals surface area (Å²) in [6.45, 7) is 5.07. The molecule has 0 amide bonds. The van der Waals surface area contributed by atoms with Crippen molar-refractivity contribution in [3.8, 4) is 0 Å². The van der Waals surface area contributed by atoms with Gasteiger partial charge in [0, 0.05) is 26.4 Å². The standard InChI is InChI=1S/C16H24N4O2/c1-4-13-5-6-14(21-13)11-20-9-7-12(8-10-20)15-17-16(18-22-15)19(2)3/h5-6,12H,4,7-11H2,1-3H3. The fourth-order valence-corrected chi connectivity index (χ4v) is 2.83. The molecule has 1 aliphatic rings. The third kappa shape index (κ3) is 3.32. The maximum atomic E-state index is 5.79. The maximum Gasteiger partial charge on any atom is 0.265 e. The number of aromatic nitrogens is 2. The summed E-state index contributed by atoms with van der Waals surface area (Å²) >= 11 is 0. The molecular weight excluding hydrogens is 280 g/mol. The number of furan rings is 1. The van der Waals surface area contributed by atoms with Crippen molar-refractivity contribution in [1.82, 2.24) is 15.0 Å². The average Bonchev–Trinajstić information content (AvgIpc) is 3.17. The van der Waals surface area contributed by atoms with Gasteiger partial charge in [0.1, 0.15) is 11.5 Å². The molecule has 0 N–H and O–H groups in total. The van der Waals surface area contributed by atoms with Crippen molar-refractivity contribution in [1.29, 1.82) is 0 Å². The third-order valence-corrected chi connectivity index (χ3v) is 4.21. The number of rotatable bonds is 5. The lowest BCUT2D eigenvalue weighted by atomic mass is 9.97. The summed E-state index contributed by atoms with van der Waals surface area (Å²) in [5, 5.41) is 4.00. The van der Waals surface area contributed by atoms with Gasteiger partial charge in [0.05, 0.1) is 6.54 Å². The van der Waals surface area contributed by atoms with Gasteiger partial charge in [0.15, 0.2) is 0 Å². The minimum absolute atomic E-state index is 0.375. The number of piperidine rings is 1. The number of anilines is 1. The average molecular weight is 304 g/mol. The van der Waals surface area contributed by atoms with Crippen LogP contribution in [0.25, 0.3) is 0 Å². The van der Waals surface area contributed by atoms with E-state index >= 15 is 0 Å². The van der Waals surface area contributed by atoms with E-state index < -0.39 is 0 Å². The lowest BCUT2D eigenvalue weighted by molar-refractivity contribution is 0.176. The second kappa shape index (κ2) is 6.52. The van der Waals surface area contributed by atoms with Gasteiger partial charge in [-0.1, -0.05) is 6.92 Å². The Labute approximate surface area is 131 Å². The first kappa shape index (κ1) is 15.1. The second-order valence-electron chi connectivity index (χ2n) is 6.10. The Morgan fingerprint density at radius 2 is 1.95 bits per heavy atom. The fraction of sp³-hybridized carbons (Fsp3) is 0.625. The van der Waals surface area contributed by atoms with Crippen LogP contribution in [-0.4, -0.2) is 42.2 Å². The molecule has 6 heteroatoms. The van der Waals surface area contributed by atoms with E-state index in [1.54, 1.807) is 0 Å². The van der Waals surface area contributed by atoms with Gasteiger partial charge in [-0.15, -0.1) is 0 Å². The maximum absolute atomic E-state index is 5.79. The summed E-state index contributed by atoms with van der Waals surface area (Å²) < 4.78 is 11.2. The highest BCUT2D eigenvalue weighted by atomic mass is 16.5. The summed E-state index contributed by atoms with van der Waals surface area (Å²) in [5.41, 5.74) is 0. The molecule has 2 aromatic rings. The normalized spacial score (nSPS) is 17.0. The number of hydrogen-bond donors (Lipinski definition) is 0. The Morgan fingerprint density at radius 1 is 1.23 bits per heavy atom. The summed E-state index contributed by atoms with van der Waals surface area (Å²) in [7, 11) is 3.84. The van der Waals surface area contributed by atoms with Crippen molar-refractivity contribution in [2.75, 3.05) is 32.1 Å². The van der Waals surface area contributed by atoms with E-state index in [0.717, 1.165) is 56.3 Å². The van der Waals surface area contributed by atoms with E-state index in [2.05, 4.69) is 34.1 Å². The van der Waals surface area contributed by atoms with Crippen LogP contribution in [0.3, 0.4) is 0 Å². The molecule has 0 aliphatic carbocycles. The van der Waals surface area contributed by atoms with E-state index in [4.69, 9.17) is 8.94 Å². The molecule has 3 rings (SSSR count). The van der Waals surface area contributed by atoms with Gasteiger partial charge in [-0.2, -0.15) is 4.98 Å². The van der Waals surface area contributed by atoms with E-state index in [1.807, 2.05) is 19.0 Å². The van der Waals surface area contributed by atoms with Crippen LogP contribution in [0.5, 0.6) is 0 Å². The monoisotopic (exact) mass is 304 g/mol. The van der Waals surface area contributed by atoms with Crippen molar-refractivity contribution in [3.05, 3.63) is 29.5 Å². The lowest BCUT2D eigenvalue weighted by Gasteiger charge is -2.29. The smallest absolute Gasteiger partial charge is 0.265 e. The minimum atomic E-state index is 0.375. The number of aryl methyl sites for hydroxylation is 1. The highest BCUT2D eigenvalue weighted by Gasteiger charge is 2.26. The number of nitrogens with zero attached hydrogens (tertiary/aromatic N) is 4. The third-order valence-electron chi connectivity index (χ3n) is 4.21. The van der Waals surface area contributed by atoms with Crippen LogP contribution in [-0.2, 0) is 13.0 Å². The van der Waals surface area contributed by atoms with Crippen LogP contribution in [0.4, 0.5) is 5.95 Å². The first-order valence-electron chi connectivity index (χ1n) is 7.96. The summed E-state index contributed by atoms with van der Waals surface area (Å²) in [6, 6.07) is 4.16. The molecular formula is C16H24N4O2. The Morgan fingerprint density at radius 3 is 2.55 bits per heavy atom. The van der Waals surface area contributed by atoms with Gasteiger partial charge in [-0.25, -0.2) is 0 Å². The van der Waals surface area contributed by atoms with E-state index in [1.165, 1.54) is 0 Å². The molecule has 6 nitrogen and oxygen atoms in total. The predicted octanol–water partition coefficient (Wildman–Crippen LogP) is 2.67. The number of hydrogen-bond acceptors (Lipinski definition) is 6. The molecule has 3 heterocycles. The van der Waals surface area contributed by atoms with Crippen molar-refractivity contribution in [3.63, 3.8) is 0 Å². The molecule has 0 saturated carbocycles. The second-order valence-corrected chi connectivity index (χ2v) is 6.10. The fourth-order valence-electron chi connectivity index (χ4n) is 2.83. The molecule has 0 atom stereocenters.